The van der Waals surface area contributed by atoms with Crippen LogP contribution < -0.4 is 14.8 Å². The molecule has 2 aromatic carbocycles. The smallest absolute Gasteiger partial charge is 0.137 e. The van der Waals surface area contributed by atoms with Crippen molar-refractivity contribution in [1.29, 1.82) is 0 Å². The van der Waals surface area contributed by atoms with Crippen molar-refractivity contribution in [3.8, 4) is 11.5 Å². The van der Waals surface area contributed by atoms with Crippen LogP contribution in [0.5, 0.6) is 11.5 Å². The molecular formula is C16H17BrFNO2. The Morgan fingerprint density at radius 1 is 1.10 bits per heavy atom. The van der Waals surface area contributed by atoms with E-state index in [0.717, 1.165) is 22.6 Å². The fourth-order valence-electron chi connectivity index (χ4n) is 2.26. The Morgan fingerprint density at radius 2 is 1.86 bits per heavy atom. The van der Waals surface area contributed by atoms with Crippen LogP contribution in [0.15, 0.2) is 40.9 Å². The molecule has 0 aromatic heterocycles. The Labute approximate surface area is 132 Å². The van der Waals surface area contributed by atoms with E-state index in [1.807, 2.05) is 31.3 Å². The second-order valence-corrected chi connectivity index (χ2v) is 5.36. The second-order valence-electron chi connectivity index (χ2n) is 4.50. The molecule has 0 aliphatic heterocycles. The zero-order chi connectivity index (χ0) is 15.4. The molecule has 1 unspecified atom stereocenters. The van der Waals surface area contributed by atoms with Crippen molar-refractivity contribution in [3.63, 3.8) is 0 Å². The number of methoxy groups -OCH3 is 2. The number of halogens is 2. The quantitative estimate of drug-likeness (QED) is 0.883. The third-order valence-corrected chi connectivity index (χ3v) is 3.96. The molecule has 0 aliphatic rings. The van der Waals surface area contributed by atoms with E-state index in [0.29, 0.717) is 4.47 Å². The van der Waals surface area contributed by atoms with Crippen molar-refractivity contribution in [2.45, 2.75) is 6.04 Å². The maximum atomic E-state index is 13.8. The van der Waals surface area contributed by atoms with Crippen LogP contribution in [0.25, 0.3) is 0 Å². The fourth-order valence-corrected chi connectivity index (χ4v) is 2.51. The molecule has 2 rings (SSSR count). The van der Waals surface area contributed by atoms with Crippen molar-refractivity contribution in [2.75, 3.05) is 21.3 Å². The molecule has 0 fully saturated rings. The van der Waals surface area contributed by atoms with Gasteiger partial charge in [0.2, 0.25) is 0 Å². The van der Waals surface area contributed by atoms with Gasteiger partial charge in [-0.2, -0.15) is 0 Å². The highest BCUT2D eigenvalue weighted by Crippen LogP contribution is 2.33. The summed E-state index contributed by atoms with van der Waals surface area (Å²) in [6, 6.07) is 10.4. The zero-order valence-electron chi connectivity index (χ0n) is 12.1. The van der Waals surface area contributed by atoms with Crippen molar-refractivity contribution in [2.24, 2.45) is 0 Å². The van der Waals surface area contributed by atoms with Crippen LogP contribution in [0, 0.1) is 5.82 Å². The molecule has 0 spiro atoms. The summed E-state index contributed by atoms with van der Waals surface area (Å²) in [6.45, 7) is 0. The monoisotopic (exact) mass is 353 g/mol. The van der Waals surface area contributed by atoms with E-state index >= 15 is 0 Å². The normalized spacial score (nSPS) is 12.0. The van der Waals surface area contributed by atoms with Crippen LogP contribution in [-0.4, -0.2) is 21.3 Å². The summed E-state index contributed by atoms with van der Waals surface area (Å²) in [6.07, 6.45) is 0. The summed E-state index contributed by atoms with van der Waals surface area (Å²) in [5.74, 6) is 1.15. The van der Waals surface area contributed by atoms with Gasteiger partial charge in [-0.05, 0) is 58.9 Å². The van der Waals surface area contributed by atoms with Gasteiger partial charge in [0.05, 0.1) is 24.7 Å². The van der Waals surface area contributed by atoms with Gasteiger partial charge in [0.1, 0.15) is 17.3 Å². The highest BCUT2D eigenvalue weighted by atomic mass is 79.9. The first-order chi connectivity index (χ1) is 10.1. The third-order valence-electron chi connectivity index (χ3n) is 3.31. The summed E-state index contributed by atoms with van der Waals surface area (Å²) in [5.41, 5.74) is 1.70. The standard InChI is InChI=1S/C16H17BrFNO2/c1-19-16(10-4-6-13(17)14(18)8-10)12-9-11(20-2)5-7-15(12)21-3/h4-9,16,19H,1-3H3. The maximum Gasteiger partial charge on any atom is 0.137 e. The Morgan fingerprint density at radius 3 is 2.43 bits per heavy atom. The van der Waals surface area contributed by atoms with E-state index in [4.69, 9.17) is 9.47 Å². The zero-order valence-corrected chi connectivity index (χ0v) is 13.7. The Kier molecular flexibility index (Phi) is 5.20. The molecule has 2 aromatic rings. The minimum atomic E-state index is -0.297. The molecule has 0 heterocycles. The molecular weight excluding hydrogens is 337 g/mol. The summed E-state index contributed by atoms with van der Waals surface area (Å²) < 4.78 is 24.9. The van der Waals surface area contributed by atoms with E-state index in [1.54, 1.807) is 20.3 Å². The highest BCUT2D eigenvalue weighted by molar-refractivity contribution is 9.10. The number of hydrogen-bond acceptors (Lipinski definition) is 3. The van der Waals surface area contributed by atoms with E-state index in [-0.39, 0.29) is 11.9 Å². The van der Waals surface area contributed by atoms with Crippen molar-refractivity contribution in [1.82, 2.24) is 5.32 Å². The molecule has 0 bridgehead atoms. The average Bonchev–Trinajstić information content (AvgIpc) is 2.51. The fraction of sp³-hybridized carbons (Fsp3) is 0.250. The first-order valence-corrected chi connectivity index (χ1v) is 7.24. The molecule has 21 heavy (non-hydrogen) atoms. The van der Waals surface area contributed by atoms with Gasteiger partial charge < -0.3 is 14.8 Å². The molecule has 112 valence electrons. The first kappa shape index (κ1) is 15.8. The molecule has 1 N–H and O–H groups in total. The van der Waals surface area contributed by atoms with Gasteiger partial charge in [-0.15, -0.1) is 0 Å². The SMILES string of the molecule is CNC(c1ccc(Br)c(F)c1)c1cc(OC)ccc1OC. The van der Waals surface area contributed by atoms with Crippen molar-refractivity contribution >= 4 is 15.9 Å². The second kappa shape index (κ2) is 6.91. The van der Waals surface area contributed by atoms with E-state index in [2.05, 4.69) is 21.2 Å². The summed E-state index contributed by atoms with van der Waals surface area (Å²) in [4.78, 5) is 0. The van der Waals surface area contributed by atoms with Gasteiger partial charge in [0.15, 0.2) is 0 Å². The van der Waals surface area contributed by atoms with Gasteiger partial charge in [-0.25, -0.2) is 4.39 Å². The van der Waals surface area contributed by atoms with Gasteiger partial charge in [-0.3, -0.25) is 0 Å². The molecule has 0 saturated carbocycles. The third kappa shape index (κ3) is 3.36. The maximum absolute atomic E-state index is 13.8. The van der Waals surface area contributed by atoms with Crippen LogP contribution in [0.4, 0.5) is 4.39 Å². The molecule has 0 aliphatic carbocycles. The summed E-state index contributed by atoms with van der Waals surface area (Å²) in [7, 11) is 5.04. The van der Waals surface area contributed by atoms with Gasteiger partial charge >= 0.3 is 0 Å². The Hall–Kier alpha value is -1.59. The first-order valence-electron chi connectivity index (χ1n) is 6.44. The average molecular weight is 354 g/mol. The van der Waals surface area contributed by atoms with Gasteiger partial charge in [0.25, 0.3) is 0 Å². The molecule has 5 heteroatoms. The Bertz CT molecular complexity index is 634. The van der Waals surface area contributed by atoms with Crippen molar-refractivity contribution in [3.05, 3.63) is 57.8 Å². The lowest BCUT2D eigenvalue weighted by Gasteiger charge is -2.21. The lowest BCUT2D eigenvalue weighted by molar-refractivity contribution is 0.395. The van der Waals surface area contributed by atoms with Crippen LogP contribution >= 0.6 is 15.9 Å². The van der Waals surface area contributed by atoms with Crippen LogP contribution in [0.1, 0.15) is 17.2 Å². The molecule has 0 amide bonds. The van der Waals surface area contributed by atoms with Gasteiger partial charge in [0, 0.05) is 5.56 Å². The predicted molar refractivity (Wildman–Crippen MR) is 84.5 cm³/mol. The van der Waals surface area contributed by atoms with E-state index in [9.17, 15) is 4.39 Å². The lowest BCUT2D eigenvalue weighted by Crippen LogP contribution is -2.18. The lowest BCUT2D eigenvalue weighted by atomic mass is 9.97. The number of ether oxygens (including phenoxy) is 2. The summed E-state index contributed by atoms with van der Waals surface area (Å²) >= 11 is 3.17. The minimum Gasteiger partial charge on any atom is -0.497 e. The summed E-state index contributed by atoms with van der Waals surface area (Å²) in [5, 5.41) is 3.19. The van der Waals surface area contributed by atoms with Crippen LogP contribution in [0.3, 0.4) is 0 Å². The van der Waals surface area contributed by atoms with Crippen LogP contribution in [-0.2, 0) is 0 Å². The van der Waals surface area contributed by atoms with Crippen molar-refractivity contribution < 1.29 is 13.9 Å². The number of rotatable bonds is 5. The minimum absolute atomic E-state index is 0.197. The molecule has 0 radical (unpaired) electrons. The number of hydrogen-bond donors (Lipinski definition) is 1. The molecule has 3 nitrogen and oxygen atoms in total. The number of nitrogens with one attached hydrogen (secondary N) is 1. The highest BCUT2D eigenvalue weighted by Gasteiger charge is 2.18. The van der Waals surface area contributed by atoms with E-state index < -0.39 is 0 Å². The largest absolute Gasteiger partial charge is 0.497 e. The number of benzene rings is 2. The molecule has 0 saturated heterocycles. The van der Waals surface area contributed by atoms with E-state index in [1.165, 1.54) is 6.07 Å². The topological polar surface area (TPSA) is 30.5 Å². The molecule has 1 atom stereocenters. The van der Waals surface area contributed by atoms with Gasteiger partial charge in [-0.1, -0.05) is 6.07 Å². The van der Waals surface area contributed by atoms with Crippen LogP contribution in [0.2, 0.25) is 0 Å². The predicted octanol–water partition coefficient (Wildman–Crippen LogP) is 3.91. The Balaban J connectivity index is 2.51.